The van der Waals surface area contributed by atoms with Crippen molar-refractivity contribution in [3.63, 3.8) is 0 Å². The Morgan fingerprint density at radius 3 is 2.50 bits per heavy atom. The van der Waals surface area contributed by atoms with E-state index in [-0.39, 0.29) is 12.4 Å². The summed E-state index contributed by atoms with van der Waals surface area (Å²) in [4.78, 5) is 21.1. The van der Waals surface area contributed by atoms with Crippen molar-refractivity contribution in [1.29, 1.82) is 5.26 Å². The summed E-state index contributed by atoms with van der Waals surface area (Å²) in [5, 5.41) is 8.34. The van der Waals surface area contributed by atoms with Gasteiger partial charge in [0.15, 0.2) is 0 Å². The Morgan fingerprint density at radius 1 is 1.20 bits per heavy atom. The Kier molecular flexibility index (Phi) is 8.33. The van der Waals surface area contributed by atoms with Gasteiger partial charge >= 0.3 is 0 Å². The average molecular weight is 461 g/mol. The molecule has 1 aromatic carbocycles. The number of carbonyl (C=O) groups excluding carboxylic acids is 1. The lowest BCUT2D eigenvalue weighted by atomic mass is 10.0. The number of amides is 1. The minimum absolute atomic E-state index is 0.0634. The van der Waals surface area contributed by atoms with E-state index in [0.717, 1.165) is 26.4 Å². The van der Waals surface area contributed by atoms with E-state index in [4.69, 9.17) is 45.7 Å². The van der Waals surface area contributed by atoms with Gasteiger partial charge in [-0.15, -0.1) is 11.3 Å². The first-order valence-electron chi connectivity index (χ1n) is 8.49. The number of nitrogens with zero attached hydrogens (tertiary/aromatic N) is 3. The van der Waals surface area contributed by atoms with Crippen LogP contribution >= 0.6 is 34.5 Å². The Morgan fingerprint density at radius 2 is 1.90 bits per heavy atom. The second-order valence-electron chi connectivity index (χ2n) is 5.72. The van der Waals surface area contributed by atoms with Gasteiger partial charge in [-0.1, -0.05) is 29.3 Å². The minimum Gasteiger partial charge on any atom is -0.383 e. The van der Waals surface area contributed by atoms with Crippen LogP contribution in [0.5, 0.6) is 0 Å². The molecule has 0 saturated carbocycles. The molecule has 0 aliphatic carbocycles. The molecule has 0 radical (unpaired) electrons. The number of thiophene rings is 1. The maximum Gasteiger partial charge on any atom is 0.267 e. The van der Waals surface area contributed by atoms with Crippen molar-refractivity contribution in [3.05, 3.63) is 63.2 Å². The van der Waals surface area contributed by atoms with E-state index in [1.54, 1.807) is 30.3 Å². The SMILES string of the molecule is CC#N.NC/N=C(\N)c1sc(-c2ccnc(C(N)=O)c2)cc1-c1ccc(Cl)cc1Cl. The fourth-order valence-electron chi connectivity index (χ4n) is 2.52. The number of primary amides is 1. The molecule has 0 atom stereocenters. The van der Waals surface area contributed by atoms with Crippen molar-refractivity contribution >= 4 is 46.3 Å². The van der Waals surface area contributed by atoms with Crippen LogP contribution in [0.2, 0.25) is 10.0 Å². The van der Waals surface area contributed by atoms with Crippen LogP contribution in [-0.4, -0.2) is 23.4 Å². The Bertz CT molecular complexity index is 1140. The normalized spacial score (nSPS) is 10.7. The third-order valence-corrected chi connectivity index (χ3v) is 5.50. The minimum atomic E-state index is -0.598. The monoisotopic (exact) mass is 460 g/mol. The lowest BCUT2D eigenvalue weighted by molar-refractivity contribution is 0.0995. The average Bonchev–Trinajstić information content (AvgIpc) is 3.14. The number of rotatable bonds is 5. The summed E-state index contributed by atoms with van der Waals surface area (Å²) in [5.74, 6) is -0.294. The summed E-state index contributed by atoms with van der Waals surface area (Å²) < 4.78 is 0. The number of benzene rings is 1. The van der Waals surface area contributed by atoms with Crippen molar-refractivity contribution < 1.29 is 4.79 Å². The number of amidine groups is 1. The van der Waals surface area contributed by atoms with Gasteiger partial charge in [0.2, 0.25) is 0 Å². The number of aromatic nitrogens is 1. The maximum absolute atomic E-state index is 11.4. The van der Waals surface area contributed by atoms with Gasteiger partial charge in [0.25, 0.3) is 5.91 Å². The predicted molar refractivity (Wildman–Crippen MR) is 123 cm³/mol. The number of carbonyl (C=O) groups is 1. The zero-order valence-electron chi connectivity index (χ0n) is 15.9. The van der Waals surface area contributed by atoms with E-state index in [1.165, 1.54) is 24.5 Å². The first kappa shape index (κ1) is 23.3. The van der Waals surface area contributed by atoms with Gasteiger partial charge in [0.05, 0.1) is 17.6 Å². The van der Waals surface area contributed by atoms with Gasteiger partial charge in [0, 0.05) is 39.2 Å². The molecule has 3 rings (SSSR count). The second kappa shape index (κ2) is 10.7. The molecule has 0 aliphatic rings. The molecule has 3 aromatic rings. The number of halogens is 2. The number of nitrogens with two attached hydrogens (primary N) is 3. The predicted octanol–water partition coefficient (Wildman–Crippen LogP) is 4.03. The summed E-state index contributed by atoms with van der Waals surface area (Å²) in [5.41, 5.74) is 19.5. The van der Waals surface area contributed by atoms with Crippen LogP contribution < -0.4 is 17.2 Å². The lowest BCUT2D eigenvalue weighted by Gasteiger charge is -2.06. The highest BCUT2D eigenvalue weighted by molar-refractivity contribution is 7.18. The maximum atomic E-state index is 11.4. The summed E-state index contributed by atoms with van der Waals surface area (Å²) >= 11 is 13.8. The van der Waals surface area contributed by atoms with Crippen LogP contribution in [0.15, 0.2) is 47.6 Å². The summed E-state index contributed by atoms with van der Waals surface area (Å²) in [7, 11) is 0. The Labute approximate surface area is 187 Å². The van der Waals surface area contributed by atoms with Crippen LogP contribution in [0.3, 0.4) is 0 Å². The topological polar surface area (TPSA) is 144 Å². The third-order valence-electron chi connectivity index (χ3n) is 3.74. The van der Waals surface area contributed by atoms with Gasteiger partial charge in [-0.05, 0) is 35.9 Å². The van der Waals surface area contributed by atoms with E-state index in [1.807, 2.05) is 12.1 Å². The molecular weight excluding hydrogens is 443 g/mol. The number of hydrogen-bond acceptors (Lipinski definition) is 6. The quantitative estimate of drug-likeness (QED) is 0.388. The second-order valence-corrected chi connectivity index (χ2v) is 7.62. The standard InChI is InChI=1S/C18H15Cl2N5OS.C2H3N/c19-10-1-2-11(13(20)6-10)12-7-15(27-16(12)17(22)25-8-21)9-3-4-24-14(5-9)18(23)26;1-2-3/h1-7H,8,21H2,(H2,22,25)(H2,23,26);1H3. The first-order chi connectivity index (χ1) is 14.3. The number of nitriles is 1. The number of aliphatic imine (C=N–C) groups is 1. The molecular formula is C20H18Cl2N6OS. The van der Waals surface area contributed by atoms with Crippen LogP contribution in [-0.2, 0) is 0 Å². The van der Waals surface area contributed by atoms with E-state index < -0.39 is 5.91 Å². The molecule has 0 unspecified atom stereocenters. The molecule has 0 bridgehead atoms. The molecule has 6 N–H and O–H groups in total. The largest absolute Gasteiger partial charge is 0.383 e. The lowest BCUT2D eigenvalue weighted by Crippen LogP contribution is -2.15. The van der Waals surface area contributed by atoms with Gasteiger partial charge in [-0.25, -0.2) is 0 Å². The van der Waals surface area contributed by atoms with Gasteiger partial charge < -0.3 is 17.2 Å². The third kappa shape index (κ3) is 5.55. The summed E-state index contributed by atoms with van der Waals surface area (Å²) in [6, 6.07) is 12.3. The molecule has 30 heavy (non-hydrogen) atoms. The smallest absolute Gasteiger partial charge is 0.267 e. The van der Waals surface area contributed by atoms with Crippen LogP contribution in [0, 0.1) is 11.3 Å². The molecule has 0 aliphatic heterocycles. The molecule has 0 fully saturated rings. The Hall–Kier alpha value is -2.96. The van der Waals surface area contributed by atoms with E-state index in [2.05, 4.69) is 9.98 Å². The molecule has 7 nitrogen and oxygen atoms in total. The molecule has 1 amide bonds. The first-order valence-corrected chi connectivity index (χ1v) is 10.1. The van der Waals surface area contributed by atoms with Crippen molar-refractivity contribution in [2.75, 3.05) is 6.67 Å². The fraction of sp³-hybridized carbons (Fsp3) is 0.100. The zero-order valence-corrected chi connectivity index (χ0v) is 18.2. The van der Waals surface area contributed by atoms with Crippen LogP contribution in [0.25, 0.3) is 21.6 Å². The Balaban J connectivity index is 0.00000101. The van der Waals surface area contributed by atoms with E-state index in [9.17, 15) is 4.79 Å². The van der Waals surface area contributed by atoms with E-state index in [0.29, 0.717) is 15.9 Å². The highest BCUT2D eigenvalue weighted by Crippen LogP contribution is 2.40. The van der Waals surface area contributed by atoms with Crippen LogP contribution in [0.1, 0.15) is 22.3 Å². The summed E-state index contributed by atoms with van der Waals surface area (Å²) in [6.45, 7) is 1.49. The van der Waals surface area contributed by atoms with Gasteiger partial charge in [-0.3, -0.25) is 14.8 Å². The van der Waals surface area contributed by atoms with Crippen LogP contribution in [0.4, 0.5) is 0 Å². The van der Waals surface area contributed by atoms with Gasteiger partial charge in [-0.2, -0.15) is 5.26 Å². The summed E-state index contributed by atoms with van der Waals surface area (Å²) in [6.07, 6.45) is 1.53. The van der Waals surface area contributed by atoms with E-state index >= 15 is 0 Å². The molecule has 0 saturated heterocycles. The zero-order chi connectivity index (χ0) is 22.3. The molecule has 154 valence electrons. The van der Waals surface area contributed by atoms with Crippen molar-refractivity contribution in [2.45, 2.75) is 6.92 Å². The van der Waals surface area contributed by atoms with Gasteiger partial charge in [0.1, 0.15) is 11.5 Å². The molecule has 0 spiro atoms. The van der Waals surface area contributed by atoms with Crippen molar-refractivity contribution in [2.24, 2.45) is 22.2 Å². The fourth-order valence-corrected chi connectivity index (χ4v) is 4.12. The van der Waals surface area contributed by atoms with Crippen molar-refractivity contribution in [1.82, 2.24) is 4.98 Å². The molecule has 2 heterocycles. The van der Waals surface area contributed by atoms with Crippen molar-refractivity contribution in [3.8, 4) is 27.6 Å². The highest BCUT2D eigenvalue weighted by Gasteiger charge is 2.18. The molecule has 10 heteroatoms. The number of pyridine rings is 1. The highest BCUT2D eigenvalue weighted by atomic mass is 35.5. The number of hydrogen-bond donors (Lipinski definition) is 3. The molecule has 2 aromatic heterocycles.